The second kappa shape index (κ2) is 7.31. The SMILES string of the molecule is CC(NC(=O)OCc1ccccc1)c1ccc(O)c(C(N)=O)c1. The highest BCUT2D eigenvalue weighted by molar-refractivity contribution is 5.95. The number of benzene rings is 2. The van der Waals surface area contributed by atoms with Crippen molar-refractivity contribution in [2.75, 3.05) is 0 Å². The summed E-state index contributed by atoms with van der Waals surface area (Å²) in [7, 11) is 0. The molecule has 120 valence electrons. The predicted molar refractivity (Wildman–Crippen MR) is 84.8 cm³/mol. The van der Waals surface area contributed by atoms with E-state index < -0.39 is 18.0 Å². The van der Waals surface area contributed by atoms with Crippen molar-refractivity contribution in [1.29, 1.82) is 0 Å². The first-order valence-electron chi connectivity index (χ1n) is 7.07. The number of rotatable bonds is 5. The molecule has 4 N–H and O–H groups in total. The molecule has 0 aliphatic carbocycles. The van der Waals surface area contributed by atoms with Gasteiger partial charge in [0.2, 0.25) is 0 Å². The fourth-order valence-corrected chi connectivity index (χ4v) is 2.05. The molecule has 1 atom stereocenters. The summed E-state index contributed by atoms with van der Waals surface area (Å²) >= 11 is 0. The van der Waals surface area contributed by atoms with E-state index in [-0.39, 0.29) is 17.9 Å². The van der Waals surface area contributed by atoms with E-state index in [1.54, 1.807) is 13.0 Å². The third kappa shape index (κ3) is 4.47. The van der Waals surface area contributed by atoms with Gasteiger partial charge in [-0.25, -0.2) is 4.79 Å². The maximum Gasteiger partial charge on any atom is 0.407 e. The molecule has 6 heteroatoms. The highest BCUT2D eigenvalue weighted by Crippen LogP contribution is 2.22. The number of hydrogen-bond acceptors (Lipinski definition) is 4. The highest BCUT2D eigenvalue weighted by Gasteiger charge is 2.14. The second-order valence-corrected chi connectivity index (χ2v) is 5.07. The number of alkyl carbamates (subject to hydrolysis) is 1. The molecule has 2 aromatic carbocycles. The lowest BCUT2D eigenvalue weighted by atomic mass is 10.0. The van der Waals surface area contributed by atoms with Gasteiger partial charge < -0.3 is 20.9 Å². The van der Waals surface area contributed by atoms with Crippen LogP contribution < -0.4 is 11.1 Å². The number of ether oxygens (including phenoxy) is 1. The van der Waals surface area contributed by atoms with Gasteiger partial charge in [-0.2, -0.15) is 0 Å². The predicted octanol–water partition coefficient (Wildman–Crippen LogP) is 2.48. The van der Waals surface area contributed by atoms with Gasteiger partial charge >= 0.3 is 6.09 Å². The molecule has 0 fully saturated rings. The Bertz CT molecular complexity index is 701. The molecule has 2 rings (SSSR count). The standard InChI is InChI=1S/C17H18N2O4/c1-11(13-7-8-15(20)14(9-13)16(18)21)19-17(22)23-10-12-5-3-2-4-6-12/h2-9,11,20H,10H2,1H3,(H2,18,21)(H,19,22). The van der Waals surface area contributed by atoms with Crippen LogP contribution in [0, 0.1) is 0 Å². The van der Waals surface area contributed by atoms with Crippen LogP contribution in [-0.2, 0) is 11.3 Å². The number of primary amides is 1. The van der Waals surface area contributed by atoms with Crippen LogP contribution in [-0.4, -0.2) is 17.1 Å². The van der Waals surface area contributed by atoms with Crippen molar-refractivity contribution in [3.05, 3.63) is 65.2 Å². The molecule has 0 saturated carbocycles. The number of nitrogens with two attached hydrogens (primary N) is 1. The minimum absolute atomic E-state index is 0.00815. The smallest absolute Gasteiger partial charge is 0.407 e. The van der Waals surface area contributed by atoms with Crippen LogP contribution >= 0.6 is 0 Å². The summed E-state index contributed by atoms with van der Waals surface area (Å²) in [6.07, 6.45) is -0.574. The summed E-state index contributed by atoms with van der Waals surface area (Å²) in [4.78, 5) is 23.0. The molecule has 2 amide bonds. The van der Waals surface area contributed by atoms with Gasteiger partial charge in [0, 0.05) is 0 Å². The first-order valence-corrected chi connectivity index (χ1v) is 7.07. The summed E-state index contributed by atoms with van der Waals surface area (Å²) in [6.45, 7) is 1.91. The Morgan fingerprint density at radius 1 is 1.22 bits per heavy atom. The summed E-state index contributed by atoms with van der Waals surface area (Å²) in [5.41, 5.74) is 6.71. The first kappa shape index (κ1) is 16.4. The number of amides is 2. The molecule has 0 heterocycles. The van der Waals surface area contributed by atoms with Crippen LogP contribution in [0.25, 0.3) is 0 Å². The Morgan fingerprint density at radius 2 is 1.91 bits per heavy atom. The van der Waals surface area contributed by atoms with Gasteiger partial charge in [0.15, 0.2) is 0 Å². The number of aromatic hydroxyl groups is 1. The molecule has 2 aromatic rings. The first-order chi connectivity index (χ1) is 11.0. The quantitative estimate of drug-likeness (QED) is 0.789. The lowest BCUT2D eigenvalue weighted by Gasteiger charge is -2.15. The van der Waals surface area contributed by atoms with E-state index in [9.17, 15) is 14.7 Å². The van der Waals surface area contributed by atoms with Crippen molar-refractivity contribution in [2.45, 2.75) is 19.6 Å². The van der Waals surface area contributed by atoms with Crippen LogP contribution in [0.2, 0.25) is 0 Å². The molecular formula is C17H18N2O4. The average Bonchev–Trinajstić information content (AvgIpc) is 2.54. The molecule has 6 nitrogen and oxygen atoms in total. The van der Waals surface area contributed by atoms with E-state index in [0.717, 1.165) is 5.56 Å². The molecule has 23 heavy (non-hydrogen) atoms. The van der Waals surface area contributed by atoms with Gasteiger partial charge in [0.1, 0.15) is 12.4 Å². The van der Waals surface area contributed by atoms with Gasteiger partial charge in [0.25, 0.3) is 5.91 Å². The minimum Gasteiger partial charge on any atom is -0.507 e. The molecule has 0 saturated heterocycles. The van der Waals surface area contributed by atoms with E-state index in [2.05, 4.69) is 5.32 Å². The molecule has 0 spiro atoms. The Hall–Kier alpha value is -3.02. The third-order valence-corrected chi connectivity index (χ3v) is 3.33. The summed E-state index contributed by atoms with van der Waals surface area (Å²) in [6, 6.07) is 13.3. The highest BCUT2D eigenvalue weighted by atomic mass is 16.5. The van der Waals surface area contributed by atoms with Gasteiger partial charge in [-0.1, -0.05) is 36.4 Å². The normalized spacial score (nSPS) is 11.5. The van der Waals surface area contributed by atoms with Crippen molar-refractivity contribution in [1.82, 2.24) is 5.32 Å². The maximum atomic E-state index is 11.8. The summed E-state index contributed by atoms with van der Waals surface area (Å²) in [5, 5.41) is 12.2. The van der Waals surface area contributed by atoms with Gasteiger partial charge in [-0.15, -0.1) is 0 Å². The lowest BCUT2D eigenvalue weighted by Crippen LogP contribution is -2.27. The van der Waals surface area contributed by atoms with Crippen LogP contribution in [0.5, 0.6) is 5.75 Å². The van der Waals surface area contributed by atoms with Crippen LogP contribution in [0.3, 0.4) is 0 Å². The minimum atomic E-state index is -0.733. The maximum absolute atomic E-state index is 11.8. The Labute approximate surface area is 133 Å². The molecule has 0 radical (unpaired) electrons. The monoisotopic (exact) mass is 314 g/mol. The summed E-state index contributed by atoms with van der Waals surface area (Å²) < 4.78 is 5.13. The number of nitrogens with one attached hydrogen (secondary N) is 1. The van der Waals surface area contributed by atoms with Crippen molar-refractivity contribution in [2.24, 2.45) is 5.73 Å². The largest absolute Gasteiger partial charge is 0.507 e. The Kier molecular flexibility index (Phi) is 5.19. The van der Waals surface area contributed by atoms with E-state index in [0.29, 0.717) is 5.56 Å². The van der Waals surface area contributed by atoms with Gasteiger partial charge in [-0.05, 0) is 30.2 Å². The zero-order chi connectivity index (χ0) is 16.8. The molecular weight excluding hydrogens is 296 g/mol. The van der Waals surface area contributed by atoms with Crippen molar-refractivity contribution in [3.63, 3.8) is 0 Å². The van der Waals surface area contributed by atoms with E-state index >= 15 is 0 Å². The average molecular weight is 314 g/mol. The molecule has 1 unspecified atom stereocenters. The topological polar surface area (TPSA) is 102 Å². The van der Waals surface area contributed by atoms with Crippen LogP contribution in [0.15, 0.2) is 48.5 Å². The van der Waals surface area contributed by atoms with E-state index in [1.807, 2.05) is 30.3 Å². The van der Waals surface area contributed by atoms with E-state index in [4.69, 9.17) is 10.5 Å². The molecule has 0 bridgehead atoms. The second-order valence-electron chi connectivity index (χ2n) is 5.07. The van der Waals surface area contributed by atoms with E-state index in [1.165, 1.54) is 12.1 Å². The van der Waals surface area contributed by atoms with Crippen LogP contribution in [0.4, 0.5) is 4.79 Å². The summed E-state index contributed by atoms with van der Waals surface area (Å²) in [5.74, 6) is -0.927. The fraction of sp³-hybridized carbons (Fsp3) is 0.176. The van der Waals surface area contributed by atoms with Crippen LogP contribution in [0.1, 0.15) is 34.5 Å². The number of hydrogen-bond donors (Lipinski definition) is 3. The number of carbonyl (C=O) groups is 2. The fourth-order valence-electron chi connectivity index (χ4n) is 2.05. The molecule has 0 aliphatic heterocycles. The zero-order valence-electron chi connectivity index (χ0n) is 12.7. The third-order valence-electron chi connectivity index (χ3n) is 3.33. The molecule has 0 aliphatic rings. The van der Waals surface area contributed by atoms with Crippen molar-refractivity contribution in [3.8, 4) is 5.75 Å². The molecule has 0 aromatic heterocycles. The van der Waals surface area contributed by atoms with Gasteiger partial charge in [0.05, 0.1) is 11.6 Å². The van der Waals surface area contributed by atoms with Crippen molar-refractivity contribution < 1.29 is 19.4 Å². The number of carbonyl (C=O) groups excluding carboxylic acids is 2. The zero-order valence-corrected chi connectivity index (χ0v) is 12.7. The number of phenols is 1. The Balaban J connectivity index is 1.96. The van der Waals surface area contributed by atoms with Gasteiger partial charge in [-0.3, -0.25) is 4.79 Å². The van der Waals surface area contributed by atoms with Crippen molar-refractivity contribution >= 4 is 12.0 Å². The lowest BCUT2D eigenvalue weighted by molar-refractivity contribution is 0.0997. The Morgan fingerprint density at radius 3 is 2.57 bits per heavy atom.